The van der Waals surface area contributed by atoms with Gasteiger partial charge in [0.15, 0.2) is 10.9 Å². The molecule has 0 saturated carbocycles. The van der Waals surface area contributed by atoms with Gasteiger partial charge >= 0.3 is 0 Å². The van der Waals surface area contributed by atoms with Crippen molar-refractivity contribution in [3.8, 4) is 5.75 Å². The molecule has 4 heteroatoms. The van der Waals surface area contributed by atoms with Crippen LogP contribution in [0.4, 0.5) is 0 Å². The molecule has 0 unspecified atom stereocenters. The molecular weight excluding hydrogens is 164 g/mol. The monoisotopic (exact) mass is 172 g/mol. The Balaban J connectivity index is 3.13. The fourth-order valence-electron chi connectivity index (χ4n) is 0.839. The van der Waals surface area contributed by atoms with E-state index in [4.69, 9.17) is 16.3 Å². The predicted molar refractivity (Wildman–Crippen MR) is 43.0 cm³/mol. The second-order valence-corrected chi connectivity index (χ2v) is 2.36. The minimum atomic E-state index is 0.374. The molecule has 1 rings (SSSR count). The highest BCUT2D eigenvalue weighted by atomic mass is 35.5. The maximum absolute atomic E-state index is 5.73. The summed E-state index contributed by atoms with van der Waals surface area (Å²) in [7, 11) is 1.56. The van der Waals surface area contributed by atoms with Crippen LogP contribution in [0.5, 0.6) is 5.75 Å². The number of aromatic nitrogens is 2. The minimum Gasteiger partial charge on any atom is -0.492 e. The molecule has 11 heavy (non-hydrogen) atoms. The highest BCUT2D eigenvalue weighted by Crippen LogP contribution is 2.23. The van der Waals surface area contributed by atoms with Gasteiger partial charge < -0.3 is 4.74 Å². The Bertz CT molecular complexity index is 252. The lowest BCUT2D eigenvalue weighted by atomic mass is 10.3. The fraction of sp³-hybridized carbons (Fsp3) is 0.429. The third-order valence-electron chi connectivity index (χ3n) is 1.37. The van der Waals surface area contributed by atoms with Crippen molar-refractivity contribution in [1.29, 1.82) is 0 Å². The Morgan fingerprint density at radius 1 is 1.55 bits per heavy atom. The van der Waals surface area contributed by atoms with Gasteiger partial charge in [0.25, 0.3) is 0 Å². The summed E-state index contributed by atoms with van der Waals surface area (Å²) in [6, 6.07) is 0. The molecule has 1 heterocycles. The van der Waals surface area contributed by atoms with Crippen LogP contribution in [-0.2, 0) is 6.42 Å². The lowest BCUT2D eigenvalue weighted by molar-refractivity contribution is 0.405. The highest BCUT2D eigenvalue weighted by molar-refractivity contribution is 6.30. The van der Waals surface area contributed by atoms with E-state index < -0.39 is 0 Å². The normalized spacial score (nSPS) is 9.73. The Labute approximate surface area is 70.4 Å². The van der Waals surface area contributed by atoms with Crippen molar-refractivity contribution in [2.75, 3.05) is 7.11 Å². The standard InChI is InChI=1S/C7H9ClN2O/c1-3-5-6(11-2)7(8)10-4-9-5/h4H,3H2,1-2H3. The summed E-state index contributed by atoms with van der Waals surface area (Å²) in [5.41, 5.74) is 0.840. The Morgan fingerprint density at radius 2 is 2.27 bits per heavy atom. The zero-order valence-corrected chi connectivity index (χ0v) is 7.22. The van der Waals surface area contributed by atoms with Crippen LogP contribution < -0.4 is 4.74 Å². The zero-order valence-electron chi connectivity index (χ0n) is 6.47. The molecular formula is C7H9ClN2O. The lowest BCUT2D eigenvalue weighted by Gasteiger charge is -2.04. The Hall–Kier alpha value is -0.830. The van der Waals surface area contributed by atoms with E-state index in [1.807, 2.05) is 6.92 Å². The summed E-state index contributed by atoms with van der Waals surface area (Å²) in [5, 5.41) is 0.374. The first-order valence-electron chi connectivity index (χ1n) is 3.33. The van der Waals surface area contributed by atoms with E-state index in [9.17, 15) is 0 Å². The first kappa shape index (κ1) is 8.27. The molecule has 0 radical (unpaired) electrons. The minimum absolute atomic E-state index is 0.374. The van der Waals surface area contributed by atoms with Gasteiger partial charge in [0.2, 0.25) is 0 Å². The molecule has 0 aliphatic carbocycles. The van der Waals surface area contributed by atoms with Crippen molar-refractivity contribution in [2.45, 2.75) is 13.3 Å². The maximum Gasteiger partial charge on any atom is 0.177 e. The zero-order chi connectivity index (χ0) is 8.27. The van der Waals surface area contributed by atoms with Crippen molar-refractivity contribution >= 4 is 11.6 Å². The summed E-state index contributed by atoms with van der Waals surface area (Å²) in [6.45, 7) is 1.99. The number of methoxy groups -OCH3 is 1. The maximum atomic E-state index is 5.73. The predicted octanol–water partition coefficient (Wildman–Crippen LogP) is 1.70. The highest BCUT2D eigenvalue weighted by Gasteiger charge is 2.06. The molecule has 0 aliphatic heterocycles. The Morgan fingerprint density at radius 3 is 2.73 bits per heavy atom. The molecule has 1 aromatic rings. The first-order valence-corrected chi connectivity index (χ1v) is 3.70. The lowest BCUT2D eigenvalue weighted by Crippen LogP contribution is -1.96. The van der Waals surface area contributed by atoms with Gasteiger partial charge in [-0.15, -0.1) is 0 Å². The molecule has 3 nitrogen and oxygen atoms in total. The molecule has 0 fully saturated rings. The first-order chi connectivity index (χ1) is 5.29. The van der Waals surface area contributed by atoms with Crippen molar-refractivity contribution in [3.63, 3.8) is 0 Å². The molecule has 0 aromatic carbocycles. The van der Waals surface area contributed by atoms with Crippen LogP contribution in [0.1, 0.15) is 12.6 Å². The second-order valence-electron chi connectivity index (χ2n) is 2.00. The van der Waals surface area contributed by atoms with Gasteiger partial charge in [-0.25, -0.2) is 9.97 Å². The Kier molecular flexibility index (Phi) is 2.65. The van der Waals surface area contributed by atoms with Crippen LogP contribution >= 0.6 is 11.6 Å². The van der Waals surface area contributed by atoms with Crippen LogP contribution in [0.2, 0.25) is 5.15 Å². The van der Waals surface area contributed by atoms with Crippen LogP contribution in [-0.4, -0.2) is 17.1 Å². The van der Waals surface area contributed by atoms with E-state index in [-0.39, 0.29) is 0 Å². The van der Waals surface area contributed by atoms with Gasteiger partial charge in [0, 0.05) is 0 Å². The molecule has 0 spiro atoms. The van der Waals surface area contributed by atoms with Gasteiger partial charge in [-0.3, -0.25) is 0 Å². The van der Waals surface area contributed by atoms with Crippen molar-refractivity contribution in [3.05, 3.63) is 17.2 Å². The van der Waals surface area contributed by atoms with Crippen molar-refractivity contribution in [1.82, 2.24) is 9.97 Å². The summed E-state index contributed by atoms with van der Waals surface area (Å²) < 4.78 is 5.01. The second kappa shape index (κ2) is 3.53. The summed E-state index contributed by atoms with van der Waals surface area (Å²) in [5.74, 6) is 0.580. The summed E-state index contributed by atoms with van der Waals surface area (Å²) in [6.07, 6.45) is 2.23. The fourth-order valence-corrected chi connectivity index (χ4v) is 1.07. The summed E-state index contributed by atoms with van der Waals surface area (Å²) >= 11 is 5.73. The molecule has 0 atom stereocenters. The SMILES string of the molecule is CCc1ncnc(Cl)c1OC. The smallest absolute Gasteiger partial charge is 0.177 e. The van der Waals surface area contributed by atoms with Crippen LogP contribution in [0.3, 0.4) is 0 Å². The molecule has 60 valence electrons. The van der Waals surface area contributed by atoms with E-state index in [1.165, 1.54) is 6.33 Å². The number of nitrogens with zero attached hydrogens (tertiary/aromatic N) is 2. The molecule has 0 bridgehead atoms. The molecule has 0 amide bonds. The van der Waals surface area contributed by atoms with Gasteiger partial charge in [0.05, 0.1) is 12.8 Å². The van der Waals surface area contributed by atoms with Crippen LogP contribution in [0, 0.1) is 0 Å². The number of hydrogen-bond donors (Lipinski definition) is 0. The molecule has 0 saturated heterocycles. The molecule has 1 aromatic heterocycles. The third-order valence-corrected chi connectivity index (χ3v) is 1.64. The topological polar surface area (TPSA) is 35.0 Å². The largest absolute Gasteiger partial charge is 0.492 e. The average molecular weight is 173 g/mol. The van der Waals surface area contributed by atoms with E-state index >= 15 is 0 Å². The van der Waals surface area contributed by atoms with Crippen molar-refractivity contribution in [2.24, 2.45) is 0 Å². The molecule has 0 aliphatic rings. The van der Waals surface area contributed by atoms with Crippen LogP contribution in [0.25, 0.3) is 0 Å². The van der Waals surface area contributed by atoms with E-state index in [1.54, 1.807) is 7.11 Å². The number of halogens is 1. The number of rotatable bonds is 2. The quantitative estimate of drug-likeness (QED) is 0.637. The van der Waals surface area contributed by atoms with E-state index in [0.29, 0.717) is 10.9 Å². The number of aryl methyl sites for hydroxylation is 1. The molecule has 0 N–H and O–H groups in total. The van der Waals surface area contributed by atoms with Gasteiger partial charge in [-0.1, -0.05) is 18.5 Å². The summed E-state index contributed by atoms with van der Waals surface area (Å²) in [4.78, 5) is 7.80. The van der Waals surface area contributed by atoms with Gasteiger partial charge in [0.1, 0.15) is 6.33 Å². The van der Waals surface area contributed by atoms with Gasteiger partial charge in [-0.05, 0) is 6.42 Å². The van der Waals surface area contributed by atoms with E-state index in [0.717, 1.165) is 12.1 Å². The third kappa shape index (κ3) is 1.60. The van der Waals surface area contributed by atoms with Crippen molar-refractivity contribution < 1.29 is 4.74 Å². The number of hydrogen-bond acceptors (Lipinski definition) is 3. The number of ether oxygens (including phenoxy) is 1. The average Bonchev–Trinajstić information content (AvgIpc) is 2.04. The van der Waals surface area contributed by atoms with Gasteiger partial charge in [-0.2, -0.15) is 0 Å². The van der Waals surface area contributed by atoms with Crippen LogP contribution in [0.15, 0.2) is 6.33 Å². The van der Waals surface area contributed by atoms with E-state index in [2.05, 4.69) is 9.97 Å².